The Morgan fingerprint density at radius 3 is 2.73 bits per heavy atom. The number of nitrogens with zero attached hydrogens (tertiary/aromatic N) is 4. The molecular weight excluding hydrogens is 374 g/mol. The van der Waals surface area contributed by atoms with Crippen LogP contribution in [0.3, 0.4) is 0 Å². The molecule has 0 bridgehead atoms. The van der Waals surface area contributed by atoms with Gasteiger partial charge in [0.15, 0.2) is 5.76 Å². The molecule has 1 atom stereocenters. The van der Waals surface area contributed by atoms with E-state index in [1.165, 1.54) is 12.0 Å². The van der Waals surface area contributed by atoms with Gasteiger partial charge >= 0.3 is 0 Å². The van der Waals surface area contributed by atoms with E-state index in [9.17, 15) is 0 Å². The van der Waals surface area contributed by atoms with Gasteiger partial charge in [0.25, 0.3) is 0 Å². The van der Waals surface area contributed by atoms with Crippen molar-refractivity contribution in [1.82, 2.24) is 15.1 Å². The largest absolute Gasteiger partial charge is 0.383 e. The summed E-state index contributed by atoms with van der Waals surface area (Å²) in [6, 6.07) is 20.9. The highest BCUT2D eigenvalue weighted by Crippen LogP contribution is 2.35. The summed E-state index contributed by atoms with van der Waals surface area (Å²) in [6.07, 6.45) is 6.59. The fourth-order valence-electron chi connectivity index (χ4n) is 4.11. The summed E-state index contributed by atoms with van der Waals surface area (Å²) in [7, 11) is 0. The summed E-state index contributed by atoms with van der Waals surface area (Å²) in [5, 5.41) is 4.18. The maximum atomic E-state index is 5.93. The highest BCUT2D eigenvalue weighted by atomic mass is 16.5. The van der Waals surface area contributed by atoms with Crippen LogP contribution in [-0.4, -0.2) is 21.7 Å². The number of nitrogens with two attached hydrogens (primary N) is 1. The van der Waals surface area contributed by atoms with Crippen LogP contribution in [0.25, 0.3) is 11.3 Å². The van der Waals surface area contributed by atoms with Crippen LogP contribution in [0.5, 0.6) is 0 Å². The predicted octanol–water partition coefficient (Wildman–Crippen LogP) is 4.65. The molecule has 0 saturated carbocycles. The number of pyridine rings is 2. The second-order valence-electron chi connectivity index (χ2n) is 7.58. The quantitative estimate of drug-likeness (QED) is 0.528. The van der Waals surface area contributed by atoms with Gasteiger partial charge in [0.1, 0.15) is 11.6 Å². The van der Waals surface area contributed by atoms with Gasteiger partial charge in [-0.1, -0.05) is 41.6 Å². The molecule has 150 valence electrons. The molecule has 3 aromatic heterocycles. The van der Waals surface area contributed by atoms with Crippen LogP contribution in [0.2, 0.25) is 0 Å². The molecule has 1 aliphatic heterocycles. The van der Waals surface area contributed by atoms with Crippen molar-refractivity contribution in [2.45, 2.75) is 25.3 Å². The Kier molecular flexibility index (Phi) is 4.89. The monoisotopic (exact) mass is 397 g/mol. The Morgan fingerprint density at radius 2 is 1.93 bits per heavy atom. The molecule has 2 N–H and O–H groups in total. The molecule has 1 saturated heterocycles. The third-order valence-corrected chi connectivity index (χ3v) is 5.59. The van der Waals surface area contributed by atoms with Crippen molar-refractivity contribution < 1.29 is 4.52 Å². The summed E-state index contributed by atoms with van der Waals surface area (Å²) >= 11 is 0. The van der Waals surface area contributed by atoms with Crippen molar-refractivity contribution in [2.24, 2.45) is 0 Å². The topological polar surface area (TPSA) is 81.1 Å². The van der Waals surface area contributed by atoms with Crippen LogP contribution >= 0.6 is 0 Å². The van der Waals surface area contributed by atoms with Crippen LogP contribution in [-0.2, 0) is 6.42 Å². The lowest BCUT2D eigenvalue weighted by Gasteiger charge is -2.26. The molecule has 4 heterocycles. The number of anilines is 2. The van der Waals surface area contributed by atoms with E-state index in [-0.39, 0.29) is 0 Å². The lowest BCUT2D eigenvalue weighted by atomic mass is 10.0. The van der Waals surface area contributed by atoms with E-state index in [0.29, 0.717) is 24.0 Å². The van der Waals surface area contributed by atoms with Crippen molar-refractivity contribution in [3.05, 3.63) is 89.9 Å². The number of hydrogen-bond donors (Lipinski definition) is 1. The molecule has 0 aliphatic carbocycles. The molecule has 4 aromatic rings. The van der Waals surface area contributed by atoms with Crippen molar-refractivity contribution >= 4 is 11.6 Å². The summed E-state index contributed by atoms with van der Waals surface area (Å²) in [5.41, 5.74) is 9.97. The van der Waals surface area contributed by atoms with E-state index in [1.54, 1.807) is 6.20 Å². The Hall–Kier alpha value is -3.67. The summed E-state index contributed by atoms with van der Waals surface area (Å²) in [6.45, 7) is 1.03. The highest BCUT2D eigenvalue weighted by Gasteiger charge is 2.26. The zero-order valence-electron chi connectivity index (χ0n) is 16.6. The first-order valence-electron chi connectivity index (χ1n) is 10.2. The average molecular weight is 397 g/mol. The van der Waals surface area contributed by atoms with E-state index in [4.69, 9.17) is 15.2 Å². The van der Waals surface area contributed by atoms with Crippen LogP contribution in [0, 0.1) is 0 Å². The minimum absolute atomic E-state index is 0.396. The predicted molar refractivity (Wildman–Crippen MR) is 117 cm³/mol. The van der Waals surface area contributed by atoms with Gasteiger partial charge in [-0.3, -0.25) is 0 Å². The van der Waals surface area contributed by atoms with Gasteiger partial charge in [-0.05, 0) is 42.2 Å². The third kappa shape index (κ3) is 3.64. The van der Waals surface area contributed by atoms with Gasteiger partial charge < -0.3 is 15.2 Å². The molecule has 1 aromatic carbocycles. The second kappa shape index (κ2) is 7.99. The van der Waals surface area contributed by atoms with Crippen LogP contribution in [0.4, 0.5) is 11.6 Å². The van der Waals surface area contributed by atoms with Gasteiger partial charge in [0.05, 0.1) is 17.3 Å². The lowest BCUT2D eigenvalue weighted by molar-refractivity contribution is 0.425. The Balaban J connectivity index is 1.31. The normalized spacial score (nSPS) is 16.1. The maximum Gasteiger partial charge on any atom is 0.170 e. The van der Waals surface area contributed by atoms with Crippen LogP contribution in [0.15, 0.2) is 77.6 Å². The van der Waals surface area contributed by atoms with Crippen molar-refractivity contribution in [3.8, 4) is 11.3 Å². The first-order valence-corrected chi connectivity index (χ1v) is 10.2. The molecular formula is C24H23N5O. The SMILES string of the molecule is Nc1ncccc1-c1cc(Cc2ccc(N3CCC[C@H]3c3ccccc3)nc2)no1. The number of rotatable bonds is 5. The van der Waals surface area contributed by atoms with E-state index in [1.807, 2.05) is 24.4 Å². The standard InChI is InChI=1S/C24H23N5O/c25-24-20(8-4-12-26-24)22-15-19(28-30-22)14-17-10-11-23(27-16-17)29-13-5-9-21(29)18-6-2-1-3-7-18/h1-4,6-8,10-12,15-16,21H,5,9,13-14H2,(H2,25,26)/t21-/m0/s1. The number of hydrogen-bond acceptors (Lipinski definition) is 6. The minimum Gasteiger partial charge on any atom is -0.383 e. The Bertz CT molecular complexity index is 1120. The summed E-state index contributed by atoms with van der Waals surface area (Å²) in [5.74, 6) is 2.09. The van der Waals surface area contributed by atoms with Gasteiger partial charge in [-0.15, -0.1) is 0 Å². The van der Waals surface area contributed by atoms with Gasteiger partial charge in [0.2, 0.25) is 0 Å². The molecule has 6 heteroatoms. The molecule has 0 amide bonds. The van der Waals surface area contributed by atoms with E-state index in [2.05, 4.69) is 57.5 Å². The molecule has 0 unspecified atom stereocenters. The molecule has 0 spiro atoms. The minimum atomic E-state index is 0.396. The summed E-state index contributed by atoms with van der Waals surface area (Å²) in [4.78, 5) is 11.2. The van der Waals surface area contributed by atoms with Gasteiger partial charge in [-0.2, -0.15) is 0 Å². The molecule has 6 nitrogen and oxygen atoms in total. The van der Waals surface area contributed by atoms with Crippen molar-refractivity contribution in [3.63, 3.8) is 0 Å². The second-order valence-corrected chi connectivity index (χ2v) is 7.58. The number of nitrogen functional groups attached to an aromatic ring is 1. The Labute approximate surface area is 175 Å². The van der Waals surface area contributed by atoms with E-state index in [0.717, 1.165) is 35.6 Å². The smallest absolute Gasteiger partial charge is 0.170 e. The van der Waals surface area contributed by atoms with Crippen LogP contribution in [0.1, 0.15) is 35.7 Å². The Morgan fingerprint density at radius 1 is 1.03 bits per heavy atom. The number of benzene rings is 1. The lowest BCUT2D eigenvalue weighted by Crippen LogP contribution is -2.23. The molecule has 30 heavy (non-hydrogen) atoms. The van der Waals surface area contributed by atoms with Crippen LogP contribution < -0.4 is 10.6 Å². The zero-order valence-corrected chi connectivity index (χ0v) is 16.6. The van der Waals surface area contributed by atoms with Crippen molar-refractivity contribution in [2.75, 3.05) is 17.2 Å². The molecule has 5 rings (SSSR count). The fraction of sp³-hybridized carbons (Fsp3) is 0.208. The van der Waals surface area contributed by atoms with Crippen molar-refractivity contribution in [1.29, 1.82) is 0 Å². The fourth-order valence-corrected chi connectivity index (χ4v) is 4.11. The first-order chi connectivity index (χ1) is 14.8. The first kappa shape index (κ1) is 18.4. The third-order valence-electron chi connectivity index (χ3n) is 5.59. The molecule has 1 fully saturated rings. The summed E-state index contributed by atoms with van der Waals surface area (Å²) < 4.78 is 5.47. The zero-order chi connectivity index (χ0) is 20.3. The van der Waals surface area contributed by atoms with Gasteiger partial charge in [-0.25, -0.2) is 9.97 Å². The highest BCUT2D eigenvalue weighted by molar-refractivity contribution is 5.69. The maximum absolute atomic E-state index is 5.93. The average Bonchev–Trinajstić information content (AvgIpc) is 3.45. The van der Waals surface area contributed by atoms with E-state index < -0.39 is 0 Å². The molecule has 1 aliphatic rings. The molecule has 0 radical (unpaired) electrons. The van der Waals surface area contributed by atoms with E-state index >= 15 is 0 Å². The number of aromatic nitrogens is 3. The van der Waals surface area contributed by atoms with Gasteiger partial charge in [0, 0.05) is 31.4 Å².